The molecular weight excluding hydrogens is 334 g/mol. The number of ether oxygens (including phenoxy) is 2. The summed E-state index contributed by atoms with van der Waals surface area (Å²) in [6, 6.07) is 0. The molecule has 24 heavy (non-hydrogen) atoms. The zero-order valence-electron chi connectivity index (χ0n) is 13.5. The number of hydrogen-bond acceptors (Lipinski definition) is 10. The monoisotopic (exact) mass is 353 g/mol. The van der Waals surface area contributed by atoms with Crippen LogP contribution in [0.1, 0.15) is 37.8 Å². The summed E-state index contributed by atoms with van der Waals surface area (Å²) in [6.45, 7) is 5.70. The lowest BCUT2D eigenvalue weighted by atomic mass is 10.3. The Morgan fingerprint density at radius 2 is 2.08 bits per heavy atom. The first kappa shape index (κ1) is 16.9. The van der Waals surface area contributed by atoms with Crippen molar-refractivity contribution >= 4 is 17.5 Å². The Kier molecular flexibility index (Phi) is 5.83. The SMILES string of the molecule is CCOCN1C(c2nc(COCc3ncon3)no2)=CSC1CC. The molecule has 130 valence electrons. The van der Waals surface area contributed by atoms with Gasteiger partial charge < -0.3 is 23.4 Å². The summed E-state index contributed by atoms with van der Waals surface area (Å²) in [6.07, 6.45) is 2.25. The Hall–Kier alpha value is -1.91. The fourth-order valence-corrected chi connectivity index (χ4v) is 3.21. The van der Waals surface area contributed by atoms with Gasteiger partial charge in [-0.05, 0) is 13.3 Å². The second-order valence-corrected chi connectivity index (χ2v) is 6.00. The average molecular weight is 353 g/mol. The second kappa shape index (κ2) is 8.27. The van der Waals surface area contributed by atoms with Gasteiger partial charge in [-0.3, -0.25) is 0 Å². The highest BCUT2D eigenvalue weighted by Crippen LogP contribution is 2.37. The number of nitrogens with zero attached hydrogens (tertiary/aromatic N) is 5. The normalized spacial score (nSPS) is 17.5. The van der Waals surface area contributed by atoms with Crippen LogP contribution in [0.5, 0.6) is 0 Å². The van der Waals surface area contributed by atoms with Crippen molar-refractivity contribution < 1.29 is 18.5 Å². The summed E-state index contributed by atoms with van der Waals surface area (Å²) in [4.78, 5) is 10.4. The van der Waals surface area contributed by atoms with Crippen molar-refractivity contribution in [3.63, 3.8) is 0 Å². The van der Waals surface area contributed by atoms with Gasteiger partial charge in [-0.25, -0.2) is 0 Å². The molecule has 0 aromatic carbocycles. The Morgan fingerprint density at radius 1 is 1.21 bits per heavy atom. The minimum atomic E-state index is 0.209. The third-order valence-corrected chi connectivity index (χ3v) is 4.60. The highest BCUT2D eigenvalue weighted by Gasteiger charge is 2.29. The summed E-state index contributed by atoms with van der Waals surface area (Å²) in [5.74, 6) is 1.41. The summed E-state index contributed by atoms with van der Waals surface area (Å²) in [5.41, 5.74) is 0.886. The lowest BCUT2D eigenvalue weighted by molar-refractivity contribution is 0.0627. The van der Waals surface area contributed by atoms with Gasteiger partial charge in [0.1, 0.15) is 25.6 Å². The molecule has 0 spiro atoms. The van der Waals surface area contributed by atoms with Gasteiger partial charge in [0.25, 0.3) is 5.89 Å². The van der Waals surface area contributed by atoms with Gasteiger partial charge in [0, 0.05) is 12.0 Å². The zero-order valence-corrected chi connectivity index (χ0v) is 14.4. The number of hydrogen-bond donors (Lipinski definition) is 0. The third kappa shape index (κ3) is 3.94. The largest absolute Gasteiger partial charge is 0.365 e. The first-order chi connectivity index (χ1) is 11.8. The van der Waals surface area contributed by atoms with E-state index in [0.717, 1.165) is 12.1 Å². The first-order valence-electron chi connectivity index (χ1n) is 7.67. The van der Waals surface area contributed by atoms with E-state index in [4.69, 9.17) is 14.0 Å². The molecule has 0 saturated heterocycles. The highest BCUT2D eigenvalue weighted by atomic mass is 32.2. The molecule has 1 unspecified atom stereocenters. The van der Waals surface area contributed by atoms with Crippen molar-refractivity contribution in [3.05, 3.63) is 29.3 Å². The van der Waals surface area contributed by atoms with E-state index in [0.29, 0.717) is 36.3 Å². The van der Waals surface area contributed by atoms with Crippen molar-refractivity contribution in [2.24, 2.45) is 0 Å². The highest BCUT2D eigenvalue weighted by molar-refractivity contribution is 8.03. The van der Waals surface area contributed by atoms with Crippen molar-refractivity contribution in [2.75, 3.05) is 13.3 Å². The molecule has 1 aliphatic rings. The van der Waals surface area contributed by atoms with Crippen LogP contribution >= 0.6 is 11.8 Å². The molecule has 0 amide bonds. The van der Waals surface area contributed by atoms with Gasteiger partial charge in [-0.1, -0.05) is 17.2 Å². The van der Waals surface area contributed by atoms with Crippen LogP contribution < -0.4 is 0 Å². The van der Waals surface area contributed by atoms with Crippen LogP contribution in [0.25, 0.3) is 5.70 Å². The maximum absolute atomic E-state index is 5.55. The summed E-state index contributed by atoms with van der Waals surface area (Å²) in [7, 11) is 0. The lowest BCUT2D eigenvalue weighted by Gasteiger charge is -2.26. The summed E-state index contributed by atoms with van der Waals surface area (Å²) in [5, 5.41) is 9.96. The van der Waals surface area contributed by atoms with E-state index < -0.39 is 0 Å². The molecule has 0 radical (unpaired) electrons. The fraction of sp³-hybridized carbons (Fsp3) is 0.571. The molecule has 0 fully saturated rings. The maximum atomic E-state index is 5.55. The van der Waals surface area contributed by atoms with Crippen molar-refractivity contribution in [1.29, 1.82) is 0 Å². The van der Waals surface area contributed by atoms with Gasteiger partial charge in [0.2, 0.25) is 6.39 Å². The molecular formula is C14H19N5O4S. The van der Waals surface area contributed by atoms with Crippen LogP contribution in [0, 0.1) is 0 Å². The van der Waals surface area contributed by atoms with E-state index in [1.54, 1.807) is 11.8 Å². The molecule has 0 saturated carbocycles. The molecule has 2 aromatic rings. The molecule has 0 bridgehead atoms. The van der Waals surface area contributed by atoms with Gasteiger partial charge in [-0.15, -0.1) is 11.8 Å². The van der Waals surface area contributed by atoms with E-state index in [2.05, 4.69) is 36.6 Å². The van der Waals surface area contributed by atoms with E-state index in [1.165, 1.54) is 6.39 Å². The molecule has 0 aliphatic carbocycles. The lowest BCUT2D eigenvalue weighted by Crippen LogP contribution is -2.30. The molecule has 0 N–H and O–H groups in total. The Morgan fingerprint density at radius 3 is 2.83 bits per heavy atom. The molecule has 3 rings (SSSR count). The Balaban J connectivity index is 1.59. The standard InChI is InChI=1S/C14H19N5O4S/c1-3-13-19(9-20-4-2)10(7-24-13)14-16-12(18-23-14)6-21-5-11-15-8-22-17-11/h7-8,13H,3-6,9H2,1-2H3. The second-order valence-electron chi connectivity index (χ2n) is 4.95. The van der Waals surface area contributed by atoms with Crippen LogP contribution in [0.4, 0.5) is 0 Å². The zero-order chi connectivity index (χ0) is 16.8. The van der Waals surface area contributed by atoms with Crippen molar-refractivity contribution in [1.82, 2.24) is 25.2 Å². The fourth-order valence-electron chi connectivity index (χ4n) is 2.18. The van der Waals surface area contributed by atoms with Crippen molar-refractivity contribution in [2.45, 2.75) is 38.9 Å². The van der Waals surface area contributed by atoms with Gasteiger partial charge >= 0.3 is 0 Å². The van der Waals surface area contributed by atoms with Crippen LogP contribution in [-0.2, 0) is 22.7 Å². The van der Waals surface area contributed by atoms with Crippen LogP contribution in [-0.4, -0.2) is 43.9 Å². The van der Waals surface area contributed by atoms with E-state index >= 15 is 0 Å². The van der Waals surface area contributed by atoms with Crippen LogP contribution in [0.2, 0.25) is 0 Å². The van der Waals surface area contributed by atoms with Gasteiger partial charge in [0.15, 0.2) is 11.6 Å². The smallest absolute Gasteiger partial charge is 0.274 e. The number of rotatable bonds is 9. The molecule has 3 heterocycles. The molecule has 2 aromatic heterocycles. The maximum Gasteiger partial charge on any atom is 0.274 e. The molecule has 1 atom stereocenters. The van der Waals surface area contributed by atoms with Crippen LogP contribution in [0.3, 0.4) is 0 Å². The summed E-state index contributed by atoms with van der Waals surface area (Å²) < 4.78 is 21.0. The molecule has 1 aliphatic heterocycles. The Bertz CT molecular complexity index is 660. The van der Waals surface area contributed by atoms with Crippen molar-refractivity contribution in [3.8, 4) is 0 Å². The van der Waals surface area contributed by atoms with E-state index in [-0.39, 0.29) is 13.2 Å². The molecule has 10 heteroatoms. The van der Waals surface area contributed by atoms with E-state index in [9.17, 15) is 0 Å². The minimum Gasteiger partial charge on any atom is -0.365 e. The first-order valence-corrected chi connectivity index (χ1v) is 8.62. The topological polar surface area (TPSA) is 99.5 Å². The van der Waals surface area contributed by atoms with E-state index in [1.807, 2.05) is 12.3 Å². The number of thioether (sulfide) groups is 1. The van der Waals surface area contributed by atoms with Gasteiger partial charge in [-0.2, -0.15) is 9.97 Å². The third-order valence-electron chi connectivity index (χ3n) is 3.33. The Labute approximate surface area is 143 Å². The summed E-state index contributed by atoms with van der Waals surface area (Å²) >= 11 is 1.73. The van der Waals surface area contributed by atoms with Gasteiger partial charge in [0.05, 0.1) is 5.37 Å². The predicted molar refractivity (Wildman–Crippen MR) is 85.1 cm³/mol. The van der Waals surface area contributed by atoms with Crippen LogP contribution in [0.15, 0.2) is 20.8 Å². The number of aromatic nitrogens is 4. The quantitative estimate of drug-likeness (QED) is 0.667. The predicted octanol–water partition coefficient (Wildman–Crippen LogP) is 2.25. The minimum absolute atomic E-state index is 0.209. The average Bonchev–Trinajstić information content (AvgIpc) is 3.33. The molecule has 9 nitrogen and oxygen atoms in total.